The molecule has 0 aromatic rings. The minimum Gasteiger partial charge on any atom is -0.345 e. The number of nitrogens with zero attached hydrogens (tertiary/aromatic N) is 2. The molecule has 0 aliphatic carbocycles. The van der Waals surface area contributed by atoms with Crippen molar-refractivity contribution in [3.63, 3.8) is 0 Å². The SMILES string of the molecule is CCCCCC/C=C/CCCC1=NCC[N+]1(CC)C(C)O. The highest BCUT2D eigenvalue weighted by Gasteiger charge is 2.40. The number of quaternary nitrogens is 1. The van der Waals surface area contributed by atoms with Crippen molar-refractivity contribution in [3.8, 4) is 0 Å². The van der Waals surface area contributed by atoms with Gasteiger partial charge in [-0.25, -0.2) is 4.99 Å². The van der Waals surface area contributed by atoms with Crippen LogP contribution < -0.4 is 0 Å². The molecular formula is C18H35N2O+. The maximum Gasteiger partial charge on any atom is 0.200 e. The van der Waals surface area contributed by atoms with Gasteiger partial charge in [0.2, 0.25) is 5.84 Å². The van der Waals surface area contributed by atoms with E-state index >= 15 is 0 Å². The summed E-state index contributed by atoms with van der Waals surface area (Å²) in [4.78, 5) is 4.65. The summed E-state index contributed by atoms with van der Waals surface area (Å²) in [7, 11) is 0. The van der Waals surface area contributed by atoms with Crippen molar-refractivity contribution in [2.45, 2.75) is 78.4 Å². The summed E-state index contributed by atoms with van der Waals surface area (Å²) in [6.45, 7) is 9.11. The van der Waals surface area contributed by atoms with Gasteiger partial charge in [-0.3, -0.25) is 4.48 Å². The fraction of sp³-hybridized carbons (Fsp3) is 0.833. The lowest BCUT2D eigenvalue weighted by atomic mass is 10.1. The molecule has 0 spiro atoms. The molecule has 1 aliphatic rings. The van der Waals surface area contributed by atoms with E-state index in [0.29, 0.717) is 4.48 Å². The first-order valence-corrected chi connectivity index (χ1v) is 8.91. The molecule has 2 atom stereocenters. The molecule has 0 radical (unpaired) electrons. The van der Waals surface area contributed by atoms with Crippen molar-refractivity contribution >= 4 is 5.84 Å². The van der Waals surface area contributed by atoms with E-state index in [4.69, 9.17) is 0 Å². The number of likely N-dealkylation sites (N-methyl/N-ethyl adjacent to an activating group) is 1. The van der Waals surface area contributed by atoms with E-state index in [2.05, 4.69) is 31.0 Å². The molecule has 0 saturated heterocycles. The van der Waals surface area contributed by atoms with Crippen molar-refractivity contribution in [2.24, 2.45) is 4.99 Å². The van der Waals surface area contributed by atoms with Crippen molar-refractivity contribution in [1.29, 1.82) is 0 Å². The molecule has 3 heteroatoms. The summed E-state index contributed by atoms with van der Waals surface area (Å²) >= 11 is 0. The quantitative estimate of drug-likeness (QED) is 0.344. The molecule has 0 aromatic heterocycles. The average Bonchev–Trinajstić information content (AvgIpc) is 2.89. The maximum absolute atomic E-state index is 10.1. The van der Waals surface area contributed by atoms with E-state index in [-0.39, 0.29) is 6.23 Å². The molecule has 0 bridgehead atoms. The largest absolute Gasteiger partial charge is 0.345 e. The molecule has 0 aromatic carbocycles. The van der Waals surface area contributed by atoms with Crippen LogP contribution in [0.5, 0.6) is 0 Å². The average molecular weight is 295 g/mol. The smallest absolute Gasteiger partial charge is 0.200 e. The first-order valence-electron chi connectivity index (χ1n) is 8.91. The molecule has 0 amide bonds. The summed E-state index contributed by atoms with van der Waals surface area (Å²) in [6.07, 6.45) is 14.2. The molecule has 1 heterocycles. The molecule has 1 N–H and O–H groups in total. The summed E-state index contributed by atoms with van der Waals surface area (Å²) in [5, 5.41) is 10.1. The van der Waals surface area contributed by atoms with Crippen LogP contribution >= 0.6 is 0 Å². The minimum absolute atomic E-state index is 0.328. The third-order valence-corrected chi connectivity index (χ3v) is 4.75. The van der Waals surface area contributed by atoms with Crippen LogP contribution in [-0.2, 0) is 0 Å². The van der Waals surface area contributed by atoms with E-state index in [1.807, 2.05) is 6.92 Å². The number of hydrogen-bond acceptors (Lipinski definition) is 2. The Kier molecular flexibility index (Phi) is 8.86. The second kappa shape index (κ2) is 10.1. The van der Waals surface area contributed by atoms with Crippen molar-refractivity contribution < 1.29 is 9.59 Å². The Balaban J connectivity index is 2.22. The van der Waals surface area contributed by atoms with Crippen LogP contribution in [0.15, 0.2) is 17.1 Å². The molecule has 122 valence electrons. The normalized spacial score (nSPS) is 23.7. The molecule has 1 aliphatic heterocycles. The molecule has 2 unspecified atom stereocenters. The summed E-state index contributed by atoms with van der Waals surface area (Å²) in [6, 6.07) is 0. The van der Waals surface area contributed by atoms with Crippen molar-refractivity contribution in [2.75, 3.05) is 19.6 Å². The Labute approximate surface area is 131 Å². The molecular weight excluding hydrogens is 260 g/mol. The second-order valence-electron chi connectivity index (χ2n) is 6.22. The highest BCUT2D eigenvalue weighted by molar-refractivity contribution is 5.76. The van der Waals surface area contributed by atoms with Gasteiger partial charge in [-0.1, -0.05) is 38.3 Å². The fourth-order valence-corrected chi connectivity index (χ4v) is 3.24. The Morgan fingerprint density at radius 3 is 2.48 bits per heavy atom. The number of rotatable bonds is 11. The van der Waals surface area contributed by atoms with Crippen LogP contribution in [0, 0.1) is 0 Å². The Morgan fingerprint density at radius 1 is 1.14 bits per heavy atom. The van der Waals surface area contributed by atoms with Crippen LogP contribution in [0.1, 0.15) is 72.1 Å². The Bertz CT molecular complexity index is 336. The summed E-state index contributed by atoms with van der Waals surface area (Å²) < 4.78 is 0.695. The lowest BCUT2D eigenvalue weighted by Gasteiger charge is -2.36. The maximum atomic E-state index is 10.1. The van der Waals surface area contributed by atoms with Gasteiger partial charge in [0.15, 0.2) is 6.23 Å². The van der Waals surface area contributed by atoms with Crippen molar-refractivity contribution in [1.82, 2.24) is 0 Å². The predicted octanol–water partition coefficient (Wildman–Crippen LogP) is 4.27. The van der Waals surface area contributed by atoms with Crippen LogP contribution in [-0.4, -0.2) is 41.3 Å². The number of aliphatic imine (C=N–C) groups is 1. The van der Waals surface area contributed by atoms with Crippen LogP contribution in [0.3, 0.4) is 0 Å². The highest BCUT2D eigenvalue weighted by atomic mass is 16.3. The molecule has 1 rings (SSSR count). The van der Waals surface area contributed by atoms with Gasteiger partial charge < -0.3 is 5.11 Å². The van der Waals surface area contributed by atoms with Gasteiger partial charge in [0.05, 0.1) is 13.1 Å². The van der Waals surface area contributed by atoms with E-state index in [9.17, 15) is 5.11 Å². The van der Waals surface area contributed by atoms with Gasteiger partial charge >= 0.3 is 0 Å². The van der Waals surface area contributed by atoms with Crippen LogP contribution in [0.25, 0.3) is 0 Å². The Hall–Kier alpha value is -0.670. The van der Waals surface area contributed by atoms with Gasteiger partial charge in [0.25, 0.3) is 0 Å². The fourth-order valence-electron chi connectivity index (χ4n) is 3.24. The standard InChI is InChI=1S/C18H35N2O/c1-4-6-7-8-9-10-11-12-13-14-18-19-15-16-20(18,5-2)17(3)21/h10-11,17,21H,4-9,12-16H2,1-3H3/q+1/b11-10+. The lowest BCUT2D eigenvalue weighted by molar-refractivity contribution is -0.882. The summed E-state index contributed by atoms with van der Waals surface area (Å²) in [5.74, 6) is 1.21. The van der Waals surface area contributed by atoms with Crippen LogP contribution in [0.2, 0.25) is 0 Å². The molecule has 21 heavy (non-hydrogen) atoms. The topological polar surface area (TPSA) is 32.6 Å². The van der Waals surface area contributed by atoms with E-state index in [1.54, 1.807) is 0 Å². The molecule has 0 saturated carbocycles. The number of hydrogen-bond donors (Lipinski definition) is 1. The second-order valence-corrected chi connectivity index (χ2v) is 6.22. The van der Waals surface area contributed by atoms with E-state index in [1.165, 1.54) is 37.9 Å². The third kappa shape index (κ3) is 5.55. The van der Waals surface area contributed by atoms with E-state index in [0.717, 1.165) is 38.9 Å². The molecule has 3 nitrogen and oxygen atoms in total. The number of aliphatic hydroxyl groups is 1. The first-order chi connectivity index (χ1) is 10.2. The summed E-state index contributed by atoms with van der Waals surface area (Å²) in [5.41, 5.74) is 0. The zero-order valence-corrected chi connectivity index (χ0v) is 14.4. The first kappa shape index (κ1) is 18.4. The van der Waals surface area contributed by atoms with Gasteiger partial charge in [-0.05, 0) is 32.6 Å². The zero-order chi connectivity index (χ0) is 15.6. The lowest BCUT2D eigenvalue weighted by Crippen LogP contribution is -2.56. The predicted molar refractivity (Wildman–Crippen MR) is 91.4 cm³/mol. The number of allylic oxidation sites excluding steroid dienone is 2. The van der Waals surface area contributed by atoms with Gasteiger partial charge in [-0.2, -0.15) is 0 Å². The van der Waals surface area contributed by atoms with Crippen LogP contribution in [0.4, 0.5) is 0 Å². The van der Waals surface area contributed by atoms with Gasteiger partial charge in [-0.15, -0.1) is 0 Å². The number of amidine groups is 1. The number of unbranched alkanes of at least 4 members (excludes halogenated alkanes) is 5. The van der Waals surface area contributed by atoms with Gasteiger partial charge in [0, 0.05) is 13.3 Å². The van der Waals surface area contributed by atoms with Gasteiger partial charge in [0.1, 0.15) is 6.54 Å². The molecule has 0 fully saturated rings. The van der Waals surface area contributed by atoms with Crippen molar-refractivity contribution in [3.05, 3.63) is 12.2 Å². The monoisotopic (exact) mass is 295 g/mol. The highest BCUT2D eigenvalue weighted by Crippen LogP contribution is 2.22. The zero-order valence-electron chi connectivity index (χ0n) is 14.4. The Morgan fingerprint density at radius 2 is 1.86 bits per heavy atom. The number of aliphatic hydroxyl groups excluding tert-OH is 1. The third-order valence-electron chi connectivity index (χ3n) is 4.75. The van der Waals surface area contributed by atoms with E-state index < -0.39 is 0 Å². The minimum atomic E-state index is -0.328.